The molecule has 8 heteroatoms. The van der Waals surface area contributed by atoms with Gasteiger partial charge in [0.2, 0.25) is 0 Å². The van der Waals surface area contributed by atoms with Gasteiger partial charge >= 0.3 is 0 Å². The highest BCUT2D eigenvalue weighted by Gasteiger charge is 2.38. The first kappa shape index (κ1) is 34.1. The maximum atomic E-state index is 10.7. The molecule has 0 amide bonds. The summed E-state index contributed by atoms with van der Waals surface area (Å²) >= 11 is 0. The van der Waals surface area contributed by atoms with Gasteiger partial charge in [-0.25, -0.2) is 0 Å². The van der Waals surface area contributed by atoms with E-state index in [0.717, 1.165) is 99.0 Å². The molecule has 0 spiro atoms. The zero-order valence-electron chi connectivity index (χ0n) is 28.8. The van der Waals surface area contributed by atoms with Crippen molar-refractivity contribution in [3.63, 3.8) is 0 Å². The summed E-state index contributed by atoms with van der Waals surface area (Å²) in [5.41, 5.74) is 7.20. The lowest BCUT2D eigenvalue weighted by molar-refractivity contribution is 0.0501. The number of hydrogen-bond acceptors (Lipinski definition) is 8. The Morgan fingerprint density at radius 1 is 0.600 bits per heavy atom. The molecule has 8 nitrogen and oxygen atoms in total. The first-order valence-corrected chi connectivity index (χ1v) is 17.2. The number of benzene rings is 2. The van der Waals surface area contributed by atoms with E-state index in [1.54, 1.807) is 0 Å². The first-order valence-electron chi connectivity index (χ1n) is 17.2. The summed E-state index contributed by atoms with van der Waals surface area (Å²) in [5, 5.41) is 21.5. The minimum Gasteiger partial charge on any atom is -0.490 e. The molecular formula is C37H58N4O4. The van der Waals surface area contributed by atoms with Gasteiger partial charge in [0, 0.05) is 70.9 Å². The number of aliphatic hydroxyl groups excluding tert-OH is 2. The summed E-state index contributed by atoms with van der Waals surface area (Å²) in [6, 6.07) is 9.29. The van der Waals surface area contributed by atoms with E-state index in [0.29, 0.717) is 26.3 Å². The number of piperazine rings is 2. The lowest BCUT2D eigenvalue weighted by Crippen LogP contribution is -2.47. The highest BCUT2D eigenvalue weighted by molar-refractivity contribution is 5.53. The van der Waals surface area contributed by atoms with E-state index < -0.39 is 12.2 Å². The maximum Gasteiger partial charge on any atom is 0.125 e. The van der Waals surface area contributed by atoms with Crippen LogP contribution in [0.5, 0.6) is 11.5 Å². The average Bonchev–Trinajstić information content (AvgIpc) is 3.50. The largest absolute Gasteiger partial charge is 0.490 e. The molecule has 250 valence electrons. The van der Waals surface area contributed by atoms with E-state index in [1.165, 1.54) is 24.0 Å². The minimum absolute atomic E-state index is 0.0377. The van der Waals surface area contributed by atoms with Crippen LogP contribution in [-0.4, -0.2) is 135 Å². The lowest BCUT2D eigenvalue weighted by atomic mass is 9.71. The maximum absolute atomic E-state index is 10.7. The quantitative estimate of drug-likeness (QED) is 0.371. The van der Waals surface area contributed by atoms with Crippen LogP contribution in [0.3, 0.4) is 0 Å². The molecule has 0 aromatic heterocycles. The van der Waals surface area contributed by atoms with Crippen LogP contribution in [0.2, 0.25) is 0 Å². The fraction of sp³-hybridized carbons (Fsp3) is 0.676. The summed E-state index contributed by atoms with van der Waals surface area (Å²) in [6.07, 6.45) is 3.66. The third kappa shape index (κ3) is 8.40. The van der Waals surface area contributed by atoms with E-state index in [1.807, 2.05) is 0 Å². The lowest BCUT2D eigenvalue weighted by Gasteiger charge is -2.34. The van der Waals surface area contributed by atoms with Crippen molar-refractivity contribution in [2.75, 3.05) is 92.8 Å². The van der Waals surface area contributed by atoms with Crippen molar-refractivity contribution in [3.8, 4) is 11.5 Å². The molecule has 0 bridgehead atoms. The first-order chi connectivity index (χ1) is 21.5. The number of ether oxygens (including phenoxy) is 2. The number of β-amino-alcohol motifs (C(OH)–C–C–N with tert-alkyl or cyclic N) is 2. The van der Waals surface area contributed by atoms with Gasteiger partial charge in [-0.3, -0.25) is 9.80 Å². The van der Waals surface area contributed by atoms with Crippen molar-refractivity contribution in [1.82, 2.24) is 19.6 Å². The Morgan fingerprint density at radius 3 is 1.27 bits per heavy atom. The van der Waals surface area contributed by atoms with Crippen molar-refractivity contribution in [3.05, 3.63) is 57.6 Å². The molecule has 1 saturated carbocycles. The average molecular weight is 623 g/mol. The third-order valence-electron chi connectivity index (χ3n) is 10.5. The number of rotatable bonds is 12. The van der Waals surface area contributed by atoms with Crippen molar-refractivity contribution < 1.29 is 19.7 Å². The van der Waals surface area contributed by atoms with Crippen molar-refractivity contribution in [2.45, 2.75) is 71.0 Å². The predicted octanol–water partition coefficient (Wildman–Crippen LogP) is 3.75. The second-order valence-electron chi connectivity index (χ2n) is 14.3. The van der Waals surface area contributed by atoms with Gasteiger partial charge in [-0.1, -0.05) is 37.1 Å². The second kappa shape index (κ2) is 15.1. The summed E-state index contributed by atoms with van der Waals surface area (Å²) in [4.78, 5) is 9.32. The number of likely N-dealkylation sites (N-methyl/N-ethyl adjacent to an activating group) is 2. The molecule has 2 aromatic rings. The molecule has 2 aliphatic heterocycles. The smallest absolute Gasteiger partial charge is 0.125 e. The molecule has 2 atom stereocenters. The monoisotopic (exact) mass is 622 g/mol. The topological polar surface area (TPSA) is 71.9 Å². The van der Waals surface area contributed by atoms with Gasteiger partial charge in [0.1, 0.15) is 36.9 Å². The second-order valence-corrected chi connectivity index (χ2v) is 14.3. The van der Waals surface area contributed by atoms with Crippen molar-refractivity contribution in [2.24, 2.45) is 0 Å². The molecule has 5 rings (SSSR count). The Morgan fingerprint density at radius 2 is 0.933 bits per heavy atom. The molecule has 2 saturated heterocycles. The van der Waals surface area contributed by atoms with Crippen LogP contribution in [0, 0.1) is 27.7 Å². The minimum atomic E-state index is -0.507. The molecule has 45 heavy (non-hydrogen) atoms. The van der Waals surface area contributed by atoms with Crippen molar-refractivity contribution in [1.29, 1.82) is 0 Å². The Balaban J connectivity index is 1.25. The van der Waals surface area contributed by atoms with E-state index in [-0.39, 0.29) is 5.41 Å². The number of aryl methyl sites for hydroxylation is 4. The zero-order chi connectivity index (χ0) is 32.1. The molecule has 3 fully saturated rings. The fourth-order valence-electron chi connectivity index (χ4n) is 7.75. The highest BCUT2D eigenvalue weighted by atomic mass is 16.5. The van der Waals surface area contributed by atoms with E-state index in [2.05, 4.69) is 85.7 Å². The van der Waals surface area contributed by atoms with Gasteiger partial charge in [-0.05, 0) is 88.0 Å². The SMILES string of the molecule is Cc1cc(C2(c3cc(C)c(OCC(O)CN4CCN(C)CC4)c(C)c3)CCCC2)cc(C)c1OCC(O)CN1CCN(C)CC1. The Labute approximate surface area is 271 Å². The normalized spacial score (nSPS) is 21.6. The van der Waals surface area contributed by atoms with Crippen LogP contribution in [0.15, 0.2) is 24.3 Å². The molecule has 2 heterocycles. The van der Waals surface area contributed by atoms with E-state index in [9.17, 15) is 10.2 Å². The van der Waals surface area contributed by atoms with Crippen LogP contribution < -0.4 is 9.47 Å². The van der Waals surface area contributed by atoms with Crippen LogP contribution in [-0.2, 0) is 5.41 Å². The Kier molecular flexibility index (Phi) is 11.5. The fourth-order valence-corrected chi connectivity index (χ4v) is 7.75. The predicted molar refractivity (Wildman–Crippen MR) is 182 cm³/mol. The van der Waals surface area contributed by atoms with Crippen LogP contribution >= 0.6 is 0 Å². The standard InChI is InChI=1S/C37H58N4O4/c1-27-19-31(20-28(2)35(27)44-25-33(42)23-40-15-11-38(5)12-16-40)37(9-7-8-10-37)32-21-29(3)36(30(4)22-32)45-26-34(43)24-41-17-13-39(6)14-18-41/h19-22,33-34,42-43H,7-18,23-26H2,1-6H3. The summed E-state index contributed by atoms with van der Waals surface area (Å²) < 4.78 is 12.5. The summed E-state index contributed by atoms with van der Waals surface area (Å²) in [7, 11) is 4.30. The molecular weight excluding hydrogens is 564 g/mol. The van der Waals surface area contributed by atoms with Gasteiger partial charge in [0.25, 0.3) is 0 Å². The van der Waals surface area contributed by atoms with E-state index in [4.69, 9.17) is 9.47 Å². The summed E-state index contributed by atoms with van der Waals surface area (Å²) in [6.45, 7) is 18.6. The zero-order valence-corrected chi connectivity index (χ0v) is 28.8. The molecule has 2 aromatic carbocycles. The molecule has 2 N–H and O–H groups in total. The van der Waals surface area contributed by atoms with E-state index >= 15 is 0 Å². The Bertz CT molecular complexity index is 1130. The molecule has 1 aliphatic carbocycles. The van der Waals surface area contributed by atoms with Gasteiger partial charge in [-0.15, -0.1) is 0 Å². The molecule has 2 unspecified atom stereocenters. The number of nitrogens with zero attached hydrogens (tertiary/aromatic N) is 4. The third-order valence-corrected chi connectivity index (χ3v) is 10.5. The van der Waals surface area contributed by atoms with Crippen LogP contribution in [0.25, 0.3) is 0 Å². The van der Waals surface area contributed by atoms with Gasteiger partial charge in [-0.2, -0.15) is 0 Å². The molecule has 3 aliphatic rings. The summed E-state index contributed by atoms with van der Waals surface area (Å²) in [5.74, 6) is 1.80. The number of aliphatic hydroxyl groups is 2. The van der Waals surface area contributed by atoms with Gasteiger partial charge < -0.3 is 29.5 Å². The Hall–Kier alpha value is -2.20. The van der Waals surface area contributed by atoms with Crippen LogP contribution in [0.1, 0.15) is 59.1 Å². The number of hydrogen-bond donors (Lipinski definition) is 2. The highest BCUT2D eigenvalue weighted by Crippen LogP contribution is 2.49. The van der Waals surface area contributed by atoms with Crippen molar-refractivity contribution >= 4 is 0 Å². The van der Waals surface area contributed by atoms with Crippen LogP contribution in [0.4, 0.5) is 0 Å². The van der Waals surface area contributed by atoms with Gasteiger partial charge in [0.05, 0.1) is 0 Å². The molecule has 0 radical (unpaired) electrons. The van der Waals surface area contributed by atoms with Gasteiger partial charge in [0.15, 0.2) is 0 Å².